The van der Waals surface area contributed by atoms with E-state index in [0.717, 1.165) is 12.2 Å². The fourth-order valence-electron chi connectivity index (χ4n) is 4.80. The third-order valence-electron chi connectivity index (χ3n) is 6.71. The number of carbonyl (C=O) groups excluding carboxylic acids is 1. The predicted molar refractivity (Wildman–Crippen MR) is 132 cm³/mol. The molecular formula is C25H32ClN3O3S. The molecule has 0 bridgehead atoms. The molecule has 8 heteroatoms. The molecule has 1 saturated carbocycles. The minimum Gasteiger partial charge on any atom is -0.371 e. The molecule has 1 heterocycles. The van der Waals surface area contributed by atoms with Crippen LogP contribution in [0.3, 0.4) is 0 Å². The lowest BCUT2D eigenvalue weighted by atomic mass is 9.89. The number of halogens is 1. The molecule has 0 spiro atoms. The smallest absolute Gasteiger partial charge is 0.253 e. The van der Waals surface area contributed by atoms with Gasteiger partial charge < -0.3 is 10.2 Å². The summed E-state index contributed by atoms with van der Waals surface area (Å²) in [5.74, 6) is 0.556. The summed E-state index contributed by atoms with van der Waals surface area (Å²) < 4.78 is 28.2. The van der Waals surface area contributed by atoms with E-state index in [2.05, 4.69) is 14.9 Å². The summed E-state index contributed by atoms with van der Waals surface area (Å²) in [6.45, 7) is 2.10. The summed E-state index contributed by atoms with van der Waals surface area (Å²) in [7, 11) is -3.59. The molecule has 2 aromatic rings. The van der Waals surface area contributed by atoms with Crippen molar-refractivity contribution in [1.29, 1.82) is 0 Å². The molecule has 2 aromatic carbocycles. The molecule has 0 unspecified atom stereocenters. The minimum atomic E-state index is -3.59. The number of piperidine rings is 1. The Kier molecular flexibility index (Phi) is 7.94. The number of benzene rings is 2. The first-order valence-electron chi connectivity index (χ1n) is 11.8. The molecule has 0 aromatic heterocycles. The number of nitrogens with zero attached hydrogens (tertiary/aromatic N) is 1. The van der Waals surface area contributed by atoms with E-state index in [1.165, 1.54) is 44.2 Å². The quantitative estimate of drug-likeness (QED) is 0.596. The van der Waals surface area contributed by atoms with Crippen molar-refractivity contribution in [2.45, 2.75) is 55.9 Å². The molecule has 4 rings (SSSR count). The lowest BCUT2D eigenvalue weighted by Gasteiger charge is -2.34. The molecule has 2 N–H and O–H groups in total. The van der Waals surface area contributed by atoms with Gasteiger partial charge in [0, 0.05) is 36.4 Å². The first-order valence-corrected chi connectivity index (χ1v) is 13.7. The minimum absolute atomic E-state index is 0.0262. The van der Waals surface area contributed by atoms with Crippen LogP contribution in [0.4, 0.5) is 5.69 Å². The Labute approximate surface area is 201 Å². The topological polar surface area (TPSA) is 78.5 Å². The average molecular weight is 490 g/mol. The maximum atomic E-state index is 12.9. The van der Waals surface area contributed by atoms with Crippen LogP contribution in [0, 0.1) is 5.92 Å². The highest BCUT2D eigenvalue weighted by Gasteiger charge is 2.26. The van der Waals surface area contributed by atoms with Gasteiger partial charge in [-0.15, -0.1) is 0 Å². The maximum absolute atomic E-state index is 12.9. The molecule has 178 valence electrons. The predicted octanol–water partition coefficient (Wildman–Crippen LogP) is 4.60. The Bertz CT molecular complexity index is 1040. The average Bonchev–Trinajstić information content (AvgIpc) is 2.84. The third-order valence-corrected chi connectivity index (χ3v) is 8.49. The number of carbonyl (C=O) groups is 1. The Morgan fingerprint density at radius 3 is 2.30 bits per heavy atom. The van der Waals surface area contributed by atoms with Gasteiger partial charge in [0.15, 0.2) is 0 Å². The van der Waals surface area contributed by atoms with Crippen molar-refractivity contribution in [2.24, 2.45) is 5.92 Å². The van der Waals surface area contributed by atoms with Crippen LogP contribution in [0.1, 0.15) is 55.3 Å². The molecular weight excluding hydrogens is 458 g/mol. The fourth-order valence-corrected chi connectivity index (χ4v) is 6.24. The summed E-state index contributed by atoms with van der Waals surface area (Å²) in [4.78, 5) is 15.3. The van der Waals surface area contributed by atoms with Gasteiger partial charge in [0.05, 0.1) is 10.5 Å². The number of amides is 1. The Balaban J connectivity index is 1.35. The molecule has 33 heavy (non-hydrogen) atoms. The van der Waals surface area contributed by atoms with E-state index in [9.17, 15) is 13.2 Å². The highest BCUT2D eigenvalue weighted by Crippen LogP contribution is 2.26. The molecule has 6 nitrogen and oxygen atoms in total. The molecule has 2 fully saturated rings. The largest absolute Gasteiger partial charge is 0.371 e. The van der Waals surface area contributed by atoms with Crippen molar-refractivity contribution in [2.75, 3.05) is 24.5 Å². The summed E-state index contributed by atoms with van der Waals surface area (Å²) in [5.41, 5.74) is 1.60. The van der Waals surface area contributed by atoms with Crippen LogP contribution in [0.15, 0.2) is 53.4 Å². The van der Waals surface area contributed by atoms with Gasteiger partial charge in [-0.2, -0.15) is 0 Å². The Morgan fingerprint density at radius 2 is 1.61 bits per heavy atom. The van der Waals surface area contributed by atoms with E-state index in [1.54, 1.807) is 12.1 Å². The molecule has 1 saturated heterocycles. The zero-order valence-electron chi connectivity index (χ0n) is 18.8. The van der Waals surface area contributed by atoms with Crippen LogP contribution in [0.5, 0.6) is 0 Å². The van der Waals surface area contributed by atoms with Crippen LogP contribution >= 0.6 is 11.6 Å². The second-order valence-corrected chi connectivity index (χ2v) is 11.2. The molecule has 0 atom stereocenters. The van der Waals surface area contributed by atoms with Gasteiger partial charge in [0.25, 0.3) is 5.91 Å². The lowest BCUT2D eigenvalue weighted by molar-refractivity contribution is 0.0944. The van der Waals surface area contributed by atoms with Crippen molar-refractivity contribution in [3.8, 4) is 0 Å². The van der Waals surface area contributed by atoms with Gasteiger partial charge in [-0.1, -0.05) is 43.0 Å². The van der Waals surface area contributed by atoms with Crippen LogP contribution in [0.25, 0.3) is 0 Å². The number of para-hydroxylation sites is 1. The highest BCUT2D eigenvalue weighted by molar-refractivity contribution is 7.89. The van der Waals surface area contributed by atoms with E-state index in [4.69, 9.17) is 11.6 Å². The zero-order valence-corrected chi connectivity index (χ0v) is 20.4. The summed E-state index contributed by atoms with van der Waals surface area (Å²) in [6, 6.07) is 13.7. The van der Waals surface area contributed by atoms with Crippen molar-refractivity contribution in [3.63, 3.8) is 0 Å². The Morgan fingerprint density at radius 1 is 0.939 bits per heavy atom. The molecule has 1 aliphatic carbocycles. The summed E-state index contributed by atoms with van der Waals surface area (Å²) >= 11 is 5.87. The first-order chi connectivity index (χ1) is 15.9. The highest BCUT2D eigenvalue weighted by atomic mass is 35.5. The van der Waals surface area contributed by atoms with E-state index in [1.807, 2.05) is 24.3 Å². The maximum Gasteiger partial charge on any atom is 0.253 e. The lowest BCUT2D eigenvalue weighted by Crippen LogP contribution is -2.45. The number of anilines is 1. The van der Waals surface area contributed by atoms with Crippen LogP contribution in [0.2, 0.25) is 5.02 Å². The van der Waals surface area contributed by atoms with Gasteiger partial charge in [0.2, 0.25) is 10.0 Å². The number of sulfonamides is 1. The van der Waals surface area contributed by atoms with Gasteiger partial charge in [-0.3, -0.25) is 4.79 Å². The Hall–Kier alpha value is -2.09. The van der Waals surface area contributed by atoms with Crippen molar-refractivity contribution in [3.05, 3.63) is 59.1 Å². The number of hydrogen-bond acceptors (Lipinski definition) is 4. The van der Waals surface area contributed by atoms with E-state index in [-0.39, 0.29) is 16.8 Å². The van der Waals surface area contributed by atoms with Crippen LogP contribution < -0.4 is 14.9 Å². The van der Waals surface area contributed by atoms with E-state index >= 15 is 0 Å². The van der Waals surface area contributed by atoms with Gasteiger partial charge in [-0.25, -0.2) is 13.1 Å². The molecule has 1 aliphatic heterocycles. The normalized spacial score (nSPS) is 18.3. The van der Waals surface area contributed by atoms with Crippen LogP contribution in [-0.4, -0.2) is 40.0 Å². The fraction of sp³-hybridized carbons (Fsp3) is 0.480. The van der Waals surface area contributed by atoms with Crippen molar-refractivity contribution < 1.29 is 13.2 Å². The standard InChI is InChI=1S/C25H32ClN3O3S/c26-20-10-12-22(13-11-20)33(31,32)28-21-14-16-29(17-15-21)24-9-5-4-8-23(24)25(30)27-18-19-6-2-1-3-7-19/h4-5,8-13,19,21,28H,1-3,6-7,14-18H2,(H,27,30). The third kappa shape index (κ3) is 6.28. The van der Waals surface area contributed by atoms with Gasteiger partial charge in [0.1, 0.15) is 0 Å². The SMILES string of the molecule is O=C(NCC1CCCCC1)c1ccccc1N1CCC(NS(=O)(=O)c2ccc(Cl)cc2)CC1. The number of rotatable bonds is 7. The van der Waals surface area contributed by atoms with E-state index in [0.29, 0.717) is 42.4 Å². The molecule has 0 radical (unpaired) electrons. The zero-order chi connectivity index (χ0) is 23.3. The second-order valence-electron chi connectivity index (χ2n) is 9.07. The van der Waals surface area contributed by atoms with Gasteiger partial charge in [-0.05, 0) is 68.0 Å². The second kappa shape index (κ2) is 10.9. The van der Waals surface area contributed by atoms with Crippen LogP contribution in [-0.2, 0) is 10.0 Å². The molecule has 1 amide bonds. The summed E-state index contributed by atoms with van der Waals surface area (Å²) in [5, 5.41) is 3.65. The number of nitrogens with one attached hydrogen (secondary N) is 2. The van der Waals surface area contributed by atoms with Crippen molar-refractivity contribution in [1.82, 2.24) is 10.0 Å². The summed E-state index contributed by atoms with van der Waals surface area (Å²) in [6.07, 6.45) is 7.55. The first kappa shape index (κ1) is 24.0. The van der Waals surface area contributed by atoms with Crippen molar-refractivity contribution >= 4 is 33.2 Å². The van der Waals surface area contributed by atoms with Gasteiger partial charge >= 0.3 is 0 Å². The monoisotopic (exact) mass is 489 g/mol. The number of hydrogen-bond donors (Lipinski definition) is 2. The van der Waals surface area contributed by atoms with E-state index < -0.39 is 10.0 Å². The molecule has 2 aliphatic rings.